The van der Waals surface area contributed by atoms with Crippen LogP contribution in [0.3, 0.4) is 0 Å². The number of benzene rings is 1. The zero-order valence-electron chi connectivity index (χ0n) is 12.8. The fourth-order valence-electron chi connectivity index (χ4n) is 3.71. The van der Waals surface area contributed by atoms with Crippen molar-refractivity contribution in [2.45, 2.75) is 62.8 Å². The highest BCUT2D eigenvalue weighted by Crippen LogP contribution is 2.56. The highest BCUT2D eigenvalue weighted by molar-refractivity contribution is 9.09. The molecule has 21 heavy (non-hydrogen) atoms. The van der Waals surface area contributed by atoms with Crippen molar-refractivity contribution in [1.29, 1.82) is 0 Å². The Hall–Kier alpha value is -0.700. The second-order valence-electron chi connectivity index (χ2n) is 6.42. The first-order chi connectivity index (χ1) is 10.2. The first-order valence-electron chi connectivity index (χ1n) is 8.28. The molecule has 116 valence electrons. The Kier molecular flexibility index (Phi) is 4.78. The number of halogens is 1. The zero-order chi connectivity index (χ0) is 14.7. The van der Waals surface area contributed by atoms with E-state index in [2.05, 4.69) is 22.9 Å². The van der Waals surface area contributed by atoms with Crippen LogP contribution < -0.4 is 9.47 Å². The molecule has 0 heterocycles. The van der Waals surface area contributed by atoms with Gasteiger partial charge in [0, 0.05) is 10.2 Å². The molecule has 2 fully saturated rings. The minimum Gasteiger partial charge on any atom is -0.494 e. The third kappa shape index (κ3) is 3.08. The van der Waals surface area contributed by atoms with Crippen LogP contribution in [0.15, 0.2) is 24.3 Å². The maximum atomic E-state index is 6.29. The molecule has 2 atom stereocenters. The number of ether oxygens (including phenoxy) is 2. The van der Waals surface area contributed by atoms with Crippen molar-refractivity contribution in [3.63, 3.8) is 0 Å². The van der Waals surface area contributed by atoms with Crippen molar-refractivity contribution in [3.8, 4) is 11.5 Å². The average molecular weight is 353 g/mol. The first-order valence-corrected chi connectivity index (χ1v) is 9.20. The lowest BCUT2D eigenvalue weighted by Crippen LogP contribution is -2.57. The van der Waals surface area contributed by atoms with Gasteiger partial charge >= 0.3 is 0 Å². The lowest BCUT2D eigenvalue weighted by Gasteiger charge is -2.55. The van der Waals surface area contributed by atoms with Crippen molar-refractivity contribution in [2.75, 3.05) is 6.61 Å². The monoisotopic (exact) mass is 352 g/mol. The van der Waals surface area contributed by atoms with Crippen molar-refractivity contribution in [2.24, 2.45) is 5.41 Å². The summed E-state index contributed by atoms with van der Waals surface area (Å²) in [7, 11) is 0. The lowest BCUT2D eigenvalue weighted by atomic mass is 9.58. The van der Waals surface area contributed by atoms with Gasteiger partial charge in [0.25, 0.3) is 0 Å². The molecule has 0 aromatic heterocycles. The van der Waals surface area contributed by atoms with E-state index in [1.165, 1.54) is 32.1 Å². The fraction of sp³-hybridized carbons (Fsp3) is 0.667. The van der Waals surface area contributed by atoms with Gasteiger partial charge in [0.2, 0.25) is 0 Å². The highest BCUT2D eigenvalue weighted by Gasteiger charge is 2.55. The summed E-state index contributed by atoms with van der Waals surface area (Å²) >= 11 is 3.87. The van der Waals surface area contributed by atoms with Crippen LogP contribution in [0, 0.1) is 5.41 Å². The number of hydrogen-bond acceptors (Lipinski definition) is 2. The summed E-state index contributed by atoms with van der Waals surface area (Å²) in [5, 5.41) is 0. The number of rotatable bonds is 5. The lowest BCUT2D eigenvalue weighted by molar-refractivity contribution is -0.0601. The predicted molar refractivity (Wildman–Crippen MR) is 89.5 cm³/mol. The first kappa shape index (κ1) is 15.2. The van der Waals surface area contributed by atoms with Gasteiger partial charge in [0.15, 0.2) is 0 Å². The van der Waals surface area contributed by atoms with E-state index in [1.807, 2.05) is 24.3 Å². The third-order valence-corrected chi connectivity index (χ3v) is 6.33. The molecule has 3 heteroatoms. The molecular weight excluding hydrogens is 328 g/mol. The summed E-state index contributed by atoms with van der Waals surface area (Å²) in [6, 6.07) is 8.12. The summed E-state index contributed by atoms with van der Waals surface area (Å²) in [5.41, 5.74) is 0.385. The molecule has 3 rings (SSSR count). The zero-order valence-corrected chi connectivity index (χ0v) is 14.4. The molecule has 2 unspecified atom stereocenters. The van der Waals surface area contributed by atoms with E-state index < -0.39 is 0 Å². The molecular formula is C18H25BrO2. The molecule has 0 bridgehead atoms. The summed E-state index contributed by atoms with van der Waals surface area (Å²) in [6.45, 7) is 2.89. The average Bonchev–Trinajstić information content (AvgIpc) is 2.54. The number of hydrogen-bond donors (Lipinski definition) is 0. The van der Waals surface area contributed by atoms with Gasteiger partial charge in [-0.25, -0.2) is 0 Å². The molecule has 1 spiro atoms. The molecule has 0 N–H and O–H groups in total. The standard InChI is InChI=1S/C18H25BrO2/c1-2-12-20-14-6-8-15(9-7-14)21-17-13-16(19)18(17)10-4-3-5-11-18/h6-9,16-17H,2-5,10-13H2,1H3. The molecule has 2 nitrogen and oxygen atoms in total. The minimum atomic E-state index is 0.379. The number of alkyl halides is 1. The Morgan fingerprint density at radius 2 is 1.76 bits per heavy atom. The Labute approximate surface area is 136 Å². The SMILES string of the molecule is CCCOc1ccc(OC2CC(Br)C23CCCCC3)cc1. The van der Waals surface area contributed by atoms with Gasteiger partial charge in [-0.15, -0.1) is 0 Å². The third-order valence-electron chi connectivity index (χ3n) is 5.05. The summed E-state index contributed by atoms with van der Waals surface area (Å²) in [4.78, 5) is 0.641. The second-order valence-corrected chi connectivity index (χ2v) is 7.53. The van der Waals surface area contributed by atoms with Gasteiger partial charge in [-0.3, -0.25) is 0 Å². The quantitative estimate of drug-likeness (QED) is 0.665. The van der Waals surface area contributed by atoms with Crippen LogP contribution in [0.4, 0.5) is 0 Å². The molecule has 1 aromatic carbocycles. The van der Waals surface area contributed by atoms with E-state index in [0.29, 0.717) is 16.3 Å². The van der Waals surface area contributed by atoms with Crippen molar-refractivity contribution >= 4 is 15.9 Å². The van der Waals surface area contributed by atoms with Gasteiger partial charge in [-0.1, -0.05) is 42.1 Å². The molecule has 2 aliphatic carbocycles. The van der Waals surface area contributed by atoms with E-state index in [1.54, 1.807) is 0 Å². The summed E-state index contributed by atoms with van der Waals surface area (Å²) < 4.78 is 11.9. The van der Waals surface area contributed by atoms with Crippen LogP contribution in [0.25, 0.3) is 0 Å². The predicted octanol–water partition coefficient (Wildman–Crippen LogP) is 5.34. The molecule has 2 aliphatic rings. The van der Waals surface area contributed by atoms with Crippen molar-refractivity contribution in [1.82, 2.24) is 0 Å². The van der Waals surface area contributed by atoms with Crippen LogP contribution in [0.2, 0.25) is 0 Å². The maximum absolute atomic E-state index is 6.29. The van der Waals surface area contributed by atoms with Crippen LogP contribution >= 0.6 is 15.9 Å². The topological polar surface area (TPSA) is 18.5 Å². The van der Waals surface area contributed by atoms with E-state index in [4.69, 9.17) is 9.47 Å². The summed E-state index contributed by atoms with van der Waals surface area (Å²) in [5.74, 6) is 1.91. The van der Waals surface area contributed by atoms with Gasteiger partial charge < -0.3 is 9.47 Å². The fourth-order valence-corrected chi connectivity index (χ4v) is 4.80. The van der Waals surface area contributed by atoms with Crippen molar-refractivity contribution in [3.05, 3.63) is 24.3 Å². The van der Waals surface area contributed by atoms with Gasteiger partial charge in [-0.2, -0.15) is 0 Å². The smallest absolute Gasteiger partial charge is 0.120 e. The Bertz CT molecular complexity index is 451. The normalized spacial score (nSPS) is 27.1. The van der Waals surface area contributed by atoms with E-state index in [0.717, 1.165) is 30.9 Å². The Morgan fingerprint density at radius 1 is 1.10 bits per heavy atom. The molecule has 0 amide bonds. The summed E-state index contributed by atoms with van der Waals surface area (Å²) in [6.07, 6.45) is 9.26. The highest BCUT2D eigenvalue weighted by atomic mass is 79.9. The molecule has 0 radical (unpaired) electrons. The minimum absolute atomic E-state index is 0.379. The van der Waals surface area contributed by atoms with Gasteiger partial charge in [0.1, 0.15) is 17.6 Å². The van der Waals surface area contributed by atoms with E-state index in [9.17, 15) is 0 Å². The van der Waals surface area contributed by atoms with E-state index in [-0.39, 0.29) is 0 Å². The van der Waals surface area contributed by atoms with Crippen LogP contribution in [-0.4, -0.2) is 17.5 Å². The van der Waals surface area contributed by atoms with Gasteiger partial charge in [0.05, 0.1) is 6.61 Å². The van der Waals surface area contributed by atoms with Crippen LogP contribution in [0.1, 0.15) is 51.9 Å². The molecule has 0 aliphatic heterocycles. The molecule has 1 aromatic rings. The molecule has 0 saturated heterocycles. The van der Waals surface area contributed by atoms with Crippen LogP contribution in [-0.2, 0) is 0 Å². The van der Waals surface area contributed by atoms with Gasteiger partial charge in [-0.05, 0) is 49.9 Å². The van der Waals surface area contributed by atoms with Crippen molar-refractivity contribution < 1.29 is 9.47 Å². The largest absolute Gasteiger partial charge is 0.494 e. The molecule has 2 saturated carbocycles. The Balaban J connectivity index is 1.61. The van der Waals surface area contributed by atoms with Crippen LogP contribution in [0.5, 0.6) is 11.5 Å². The Morgan fingerprint density at radius 3 is 2.38 bits per heavy atom. The maximum Gasteiger partial charge on any atom is 0.120 e. The second kappa shape index (κ2) is 6.60. The van der Waals surface area contributed by atoms with E-state index >= 15 is 0 Å².